The van der Waals surface area contributed by atoms with Crippen molar-refractivity contribution in [2.24, 2.45) is 0 Å². The summed E-state index contributed by atoms with van der Waals surface area (Å²) < 4.78 is 52.9. The van der Waals surface area contributed by atoms with E-state index in [0.29, 0.717) is 17.1 Å². The largest absolute Gasteiger partial charge is 0.454 e. The molecule has 0 atom stereocenters. The van der Waals surface area contributed by atoms with Gasteiger partial charge in [-0.05, 0) is 73.0 Å². The Labute approximate surface area is 237 Å². The number of nitrogens with zero attached hydrogens (tertiary/aromatic N) is 1. The highest BCUT2D eigenvalue weighted by Gasteiger charge is 2.32. The molecule has 4 N–H and O–H groups in total. The van der Waals surface area contributed by atoms with E-state index in [0.717, 1.165) is 42.3 Å². The first-order valence-electron chi connectivity index (χ1n) is 13.0. The zero-order chi connectivity index (χ0) is 29.0. The van der Waals surface area contributed by atoms with Crippen LogP contribution >= 0.6 is 0 Å². The summed E-state index contributed by atoms with van der Waals surface area (Å²) in [5, 5.41) is 10.4. The number of carbonyl (C=O) groups excluding carboxylic acids is 1. The number of halogens is 1. The molecule has 11 nitrogen and oxygen atoms in total. The Balaban J connectivity index is 1.25. The quantitative estimate of drug-likeness (QED) is 0.215. The Morgan fingerprint density at radius 1 is 0.976 bits per heavy atom. The third-order valence-corrected chi connectivity index (χ3v) is 8.52. The number of amides is 1. The lowest BCUT2D eigenvalue weighted by atomic mass is 10.0. The molecule has 1 aliphatic heterocycles. The first-order valence-corrected chi connectivity index (χ1v) is 14.5. The zero-order valence-electron chi connectivity index (χ0n) is 21.7. The summed E-state index contributed by atoms with van der Waals surface area (Å²) in [5.41, 5.74) is 2.19. The lowest BCUT2D eigenvalue weighted by molar-refractivity contribution is 0.102. The van der Waals surface area contributed by atoms with Crippen LogP contribution < -0.4 is 25.1 Å². The van der Waals surface area contributed by atoms with E-state index in [4.69, 9.17) is 9.47 Å². The molecule has 3 heterocycles. The topological polar surface area (TPSA) is 155 Å². The predicted molar refractivity (Wildman–Crippen MR) is 152 cm³/mol. The van der Waals surface area contributed by atoms with Gasteiger partial charge in [0.05, 0.1) is 10.5 Å². The monoisotopic (exact) mass is 587 g/mol. The van der Waals surface area contributed by atoms with Gasteiger partial charge in [0, 0.05) is 39.8 Å². The smallest absolute Gasteiger partial charge is 0.261 e. The summed E-state index contributed by atoms with van der Waals surface area (Å²) in [6.07, 6.45) is 1.96. The second-order valence-electron chi connectivity index (χ2n) is 10.0. The zero-order valence-corrected chi connectivity index (χ0v) is 22.5. The highest BCUT2D eigenvalue weighted by atomic mass is 32.2. The number of rotatable bonds is 7. The van der Waals surface area contributed by atoms with Crippen molar-refractivity contribution in [1.29, 1.82) is 0 Å². The van der Waals surface area contributed by atoms with E-state index in [1.165, 1.54) is 30.3 Å². The number of H-pyrrole nitrogens is 2. The van der Waals surface area contributed by atoms with E-state index in [-0.39, 0.29) is 45.6 Å². The molecule has 1 fully saturated rings. The molecule has 7 rings (SSSR count). The molecule has 2 aromatic heterocycles. The van der Waals surface area contributed by atoms with Gasteiger partial charge in [-0.3, -0.25) is 19.4 Å². The first-order chi connectivity index (χ1) is 20.2. The summed E-state index contributed by atoms with van der Waals surface area (Å²) in [5.74, 6) is 0.571. The summed E-state index contributed by atoms with van der Waals surface area (Å²) in [7, 11) is -4.11. The van der Waals surface area contributed by atoms with Crippen LogP contribution in [0.2, 0.25) is 0 Å². The number of hydrogen-bond donors (Lipinski definition) is 4. The van der Waals surface area contributed by atoms with Gasteiger partial charge in [-0.15, -0.1) is 0 Å². The number of benzene rings is 3. The van der Waals surface area contributed by atoms with Crippen molar-refractivity contribution >= 4 is 38.3 Å². The molecule has 0 unspecified atom stereocenters. The summed E-state index contributed by atoms with van der Waals surface area (Å²) in [6, 6.07) is 15.4. The second-order valence-corrected chi connectivity index (χ2v) is 11.7. The molecule has 212 valence electrons. The first kappa shape index (κ1) is 25.8. The van der Waals surface area contributed by atoms with Gasteiger partial charge < -0.3 is 19.8 Å². The Morgan fingerprint density at radius 2 is 1.76 bits per heavy atom. The lowest BCUT2D eigenvalue weighted by Crippen LogP contribution is -2.18. The average Bonchev–Trinajstić information content (AvgIpc) is 3.56. The van der Waals surface area contributed by atoms with Gasteiger partial charge in [0.1, 0.15) is 5.82 Å². The molecule has 3 aromatic carbocycles. The fourth-order valence-corrected chi connectivity index (χ4v) is 6.04. The van der Waals surface area contributed by atoms with Crippen LogP contribution in [0.15, 0.2) is 76.4 Å². The van der Waals surface area contributed by atoms with E-state index in [1.54, 1.807) is 6.07 Å². The molecule has 0 spiro atoms. The van der Waals surface area contributed by atoms with Gasteiger partial charge in [-0.1, -0.05) is 6.07 Å². The maximum Gasteiger partial charge on any atom is 0.261 e. The number of ether oxygens (including phenoxy) is 2. The van der Waals surface area contributed by atoms with Crippen LogP contribution in [0.5, 0.6) is 11.5 Å². The summed E-state index contributed by atoms with van der Waals surface area (Å²) >= 11 is 0. The van der Waals surface area contributed by atoms with Crippen LogP contribution in [0.1, 0.15) is 34.8 Å². The SMILES string of the molecule is O=C(Nc1n[nH]c(C2CC2)c1-c1ccc2c(c1)OCO2)c1cc(=O)[nH]c2ccc(S(=O)(=O)Nc3ccc(F)cc3)cc12. The number of hydrogen-bond acceptors (Lipinski definition) is 7. The standard InChI is InChI=1S/C29H22FN5O6S/c30-17-4-6-18(7-5-17)35-42(38,39)19-8-9-22-20(12-19)21(13-25(36)31-22)29(37)32-28-26(27(33-34-28)15-1-2-15)16-3-10-23-24(11-16)41-14-40-23/h3-13,15,35H,1-2,14H2,(H,31,36)(H2,32,33,34,37). The van der Waals surface area contributed by atoms with Crippen molar-refractivity contribution in [1.82, 2.24) is 15.2 Å². The van der Waals surface area contributed by atoms with Gasteiger partial charge in [0.25, 0.3) is 15.9 Å². The Kier molecular flexibility index (Phi) is 5.97. The molecule has 13 heteroatoms. The number of anilines is 2. The molecule has 0 radical (unpaired) electrons. The van der Waals surface area contributed by atoms with Gasteiger partial charge in [-0.25, -0.2) is 12.8 Å². The molecule has 1 amide bonds. The average molecular weight is 588 g/mol. The van der Waals surface area contributed by atoms with Gasteiger partial charge in [0.15, 0.2) is 17.3 Å². The second kappa shape index (κ2) is 9.73. The van der Waals surface area contributed by atoms with E-state index in [2.05, 4.69) is 25.2 Å². The third kappa shape index (κ3) is 4.73. The fourth-order valence-electron chi connectivity index (χ4n) is 4.95. The number of aromatic nitrogens is 3. The lowest BCUT2D eigenvalue weighted by Gasteiger charge is -2.12. The molecule has 5 aromatic rings. The molecule has 42 heavy (non-hydrogen) atoms. The number of pyridine rings is 1. The number of aromatic amines is 2. The van der Waals surface area contributed by atoms with Crippen LogP contribution in [-0.4, -0.2) is 36.3 Å². The fraction of sp³-hybridized carbons (Fsp3) is 0.138. The van der Waals surface area contributed by atoms with E-state index >= 15 is 0 Å². The van der Waals surface area contributed by atoms with Crippen LogP contribution in [0, 0.1) is 5.82 Å². The Morgan fingerprint density at radius 3 is 2.55 bits per heavy atom. The minimum Gasteiger partial charge on any atom is -0.454 e. The van der Waals surface area contributed by atoms with Gasteiger partial charge >= 0.3 is 0 Å². The minimum atomic E-state index is -4.11. The Bertz CT molecular complexity index is 2050. The summed E-state index contributed by atoms with van der Waals surface area (Å²) in [6.45, 7) is 0.121. The molecular formula is C29H22FN5O6S. The molecule has 1 aliphatic carbocycles. The van der Waals surface area contributed by atoms with E-state index in [9.17, 15) is 22.4 Å². The van der Waals surface area contributed by atoms with Gasteiger partial charge in [-0.2, -0.15) is 5.10 Å². The third-order valence-electron chi connectivity index (χ3n) is 7.14. The number of nitrogens with one attached hydrogen (secondary N) is 4. The molecule has 0 saturated heterocycles. The highest BCUT2D eigenvalue weighted by molar-refractivity contribution is 7.92. The van der Waals surface area contributed by atoms with E-state index in [1.807, 2.05) is 12.1 Å². The molecular weight excluding hydrogens is 565 g/mol. The molecule has 1 saturated carbocycles. The van der Waals surface area contributed by atoms with Crippen LogP contribution in [0.25, 0.3) is 22.0 Å². The highest BCUT2D eigenvalue weighted by Crippen LogP contribution is 2.47. The van der Waals surface area contributed by atoms with Crippen LogP contribution in [-0.2, 0) is 10.0 Å². The number of fused-ring (bicyclic) bond motifs is 2. The number of carbonyl (C=O) groups is 1. The normalized spacial score (nSPS) is 14.2. The van der Waals surface area contributed by atoms with Crippen molar-refractivity contribution < 1.29 is 27.1 Å². The predicted octanol–water partition coefficient (Wildman–Crippen LogP) is 4.72. The van der Waals surface area contributed by atoms with Crippen LogP contribution in [0.4, 0.5) is 15.9 Å². The summed E-state index contributed by atoms with van der Waals surface area (Å²) in [4.78, 5) is 28.6. The van der Waals surface area contributed by atoms with Crippen LogP contribution in [0.3, 0.4) is 0 Å². The number of sulfonamides is 1. The van der Waals surface area contributed by atoms with Crippen molar-refractivity contribution in [2.45, 2.75) is 23.7 Å². The van der Waals surface area contributed by atoms with Crippen molar-refractivity contribution in [2.75, 3.05) is 16.8 Å². The van der Waals surface area contributed by atoms with Crippen molar-refractivity contribution in [3.63, 3.8) is 0 Å². The van der Waals surface area contributed by atoms with Gasteiger partial charge in [0.2, 0.25) is 12.4 Å². The molecule has 2 aliphatic rings. The maximum atomic E-state index is 13.7. The molecule has 0 bridgehead atoms. The van der Waals surface area contributed by atoms with Crippen molar-refractivity contribution in [3.05, 3.63) is 94.2 Å². The Hall–Kier alpha value is -5.17. The van der Waals surface area contributed by atoms with E-state index < -0.39 is 27.3 Å². The minimum absolute atomic E-state index is 0.0415. The maximum absolute atomic E-state index is 13.7. The van der Waals surface area contributed by atoms with Crippen molar-refractivity contribution in [3.8, 4) is 22.6 Å².